The SMILES string of the molecule is CCC(Oc1cccc(OC)c1)C(=O)Nc1ccc(F)c(F)c1. The molecular weight excluding hydrogens is 304 g/mol. The van der Waals surface area contributed by atoms with Gasteiger partial charge in [0, 0.05) is 17.8 Å². The maximum Gasteiger partial charge on any atom is 0.265 e. The summed E-state index contributed by atoms with van der Waals surface area (Å²) in [6, 6.07) is 10.0. The van der Waals surface area contributed by atoms with E-state index in [1.807, 2.05) is 0 Å². The van der Waals surface area contributed by atoms with E-state index in [0.29, 0.717) is 17.9 Å². The number of carbonyl (C=O) groups is 1. The van der Waals surface area contributed by atoms with Gasteiger partial charge in [-0.05, 0) is 30.7 Å². The molecule has 2 rings (SSSR count). The number of ether oxygens (including phenoxy) is 2. The van der Waals surface area contributed by atoms with Crippen molar-refractivity contribution in [3.63, 3.8) is 0 Å². The molecule has 0 heterocycles. The van der Waals surface area contributed by atoms with Gasteiger partial charge >= 0.3 is 0 Å². The summed E-state index contributed by atoms with van der Waals surface area (Å²) in [5, 5.41) is 2.51. The van der Waals surface area contributed by atoms with Crippen LogP contribution in [-0.4, -0.2) is 19.1 Å². The Morgan fingerprint density at radius 2 is 1.87 bits per heavy atom. The van der Waals surface area contributed by atoms with Gasteiger partial charge in [0.2, 0.25) is 0 Å². The number of halogens is 2. The third-order valence-electron chi connectivity index (χ3n) is 3.17. The van der Waals surface area contributed by atoms with Gasteiger partial charge in [-0.15, -0.1) is 0 Å². The lowest BCUT2D eigenvalue weighted by Crippen LogP contribution is -2.32. The molecule has 6 heteroatoms. The zero-order chi connectivity index (χ0) is 16.8. The quantitative estimate of drug-likeness (QED) is 0.881. The number of hydrogen-bond acceptors (Lipinski definition) is 3. The Hall–Kier alpha value is -2.63. The third kappa shape index (κ3) is 4.42. The average Bonchev–Trinajstić information content (AvgIpc) is 2.56. The number of carbonyl (C=O) groups excluding carboxylic acids is 1. The molecule has 0 spiro atoms. The van der Waals surface area contributed by atoms with Gasteiger partial charge in [0.1, 0.15) is 11.5 Å². The van der Waals surface area contributed by atoms with E-state index in [4.69, 9.17) is 9.47 Å². The highest BCUT2D eigenvalue weighted by atomic mass is 19.2. The summed E-state index contributed by atoms with van der Waals surface area (Å²) < 4.78 is 36.8. The largest absolute Gasteiger partial charge is 0.497 e. The van der Waals surface area contributed by atoms with Crippen molar-refractivity contribution in [1.29, 1.82) is 0 Å². The minimum absolute atomic E-state index is 0.168. The monoisotopic (exact) mass is 321 g/mol. The summed E-state index contributed by atoms with van der Waals surface area (Å²) in [5.41, 5.74) is 0.168. The second-order valence-electron chi connectivity index (χ2n) is 4.81. The van der Waals surface area contributed by atoms with Gasteiger partial charge in [-0.2, -0.15) is 0 Å². The van der Waals surface area contributed by atoms with Crippen molar-refractivity contribution >= 4 is 11.6 Å². The predicted molar refractivity (Wildman–Crippen MR) is 82.7 cm³/mol. The molecule has 23 heavy (non-hydrogen) atoms. The van der Waals surface area contributed by atoms with Crippen molar-refractivity contribution in [3.05, 3.63) is 54.1 Å². The molecule has 1 amide bonds. The Labute approximate surface area is 133 Å². The lowest BCUT2D eigenvalue weighted by Gasteiger charge is -2.17. The molecule has 2 aromatic rings. The lowest BCUT2D eigenvalue weighted by molar-refractivity contribution is -0.122. The first-order valence-corrected chi connectivity index (χ1v) is 7.10. The van der Waals surface area contributed by atoms with Crippen molar-refractivity contribution in [3.8, 4) is 11.5 Å². The molecule has 0 aliphatic rings. The van der Waals surface area contributed by atoms with Crippen LogP contribution < -0.4 is 14.8 Å². The van der Waals surface area contributed by atoms with Gasteiger partial charge < -0.3 is 14.8 Å². The second kappa shape index (κ2) is 7.58. The fourth-order valence-corrected chi connectivity index (χ4v) is 1.96. The smallest absolute Gasteiger partial charge is 0.265 e. The van der Waals surface area contributed by atoms with Gasteiger partial charge in [-0.25, -0.2) is 8.78 Å². The van der Waals surface area contributed by atoms with Gasteiger partial charge in [0.25, 0.3) is 5.91 Å². The first kappa shape index (κ1) is 16.7. The molecule has 0 bridgehead atoms. The molecular formula is C17H17F2NO3. The van der Waals surface area contributed by atoms with Crippen molar-refractivity contribution in [2.45, 2.75) is 19.4 Å². The highest BCUT2D eigenvalue weighted by Crippen LogP contribution is 2.21. The van der Waals surface area contributed by atoms with E-state index in [-0.39, 0.29) is 5.69 Å². The highest BCUT2D eigenvalue weighted by Gasteiger charge is 2.19. The Morgan fingerprint density at radius 3 is 2.52 bits per heavy atom. The Morgan fingerprint density at radius 1 is 1.13 bits per heavy atom. The molecule has 0 saturated heterocycles. The molecule has 1 atom stereocenters. The summed E-state index contributed by atoms with van der Waals surface area (Å²) in [4.78, 5) is 12.2. The van der Waals surface area contributed by atoms with Crippen LogP contribution in [0.2, 0.25) is 0 Å². The number of benzene rings is 2. The minimum Gasteiger partial charge on any atom is -0.497 e. The van der Waals surface area contributed by atoms with Crippen molar-refractivity contribution in [2.24, 2.45) is 0 Å². The Bertz CT molecular complexity index is 691. The van der Waals surface area contributed by atoms with Crippen LogP contribution in [0.5, 0.6) is 11.5 Å². The van der Waals surface area contributed by atoms with E-state index in [1.54, 1.807) is 31.2 Å². The maximum absolute atomic E-state index is 13.2. The molecule has 0 radical (unpaired) electrons. The van der Waals surface area contributed by atoms with Crippen LogP contribution in [-0.2, 0) is 4.79 Å². The number of hydrogen-bond donors (Lipinski definition) is 1. The first-order valence-electron chi connectivity index (χ1n) is 7.10. The van der Waals surface area contributed by atoms with Crippen molar-refractivity contribution in [1.82, 2.24) is 0 Å². The van der Waals surface area contributed by atoms with Gasteiger partial charge in [-0.3, -0.25) is 4.79 Å². The summed E-state index contributed by atoms with van der Waals surface area (Å²) in [5.74, 6) is -1.34. The molecule has 0 aromatic heterocycles. The number of anilines is 1. The second-order valence-corrected chi connectivity index (χ2v) is 4.81. The van der Waals surface area contributed by atoms with Gasteiger partial charge in [0.15, 0.2) is 17.7 Å². The number of nitrogens with one attached hydrogen (secondary N) is 1. The molecule has 1 N–H and O–H groups in total. The Kier molecular flexibility index (Phi) is 5.51. The predicted octanol–water partition coefficient (Wildman–Crippen LogP) is 3.77. The van der Waals surface area contributed by atoms with Crippen LogP contribution in [0.4, 0.5) is 14.5 Å². The number of methoxy groups -OCH3 is 1. The molecule has 0 aliphatic heterocycles. The van der Waals surface area contributed by atoms with Crippen LogP contribution in [0.3, 0.4) is 0 Å². The fraction of sp³-hybridized carbons (Fsp3) is 0.235. The zero-order valence-corrected chi connectivity index (χ0v) is 12.8. The number of rotatable bonds is 6. The molecule has 0 fully saturated rings. The van der Waals surface area contributed by atoms with Crippen LogP contribution in [0.1, 0.15) is 13.3 Å². The topological polar surface area (TPSA) is 47.6 Å². The zero-order valence-electron chi connectivity index (χ0n) is 12.8. The summed E-state index contributed by atoms with van der Waals surface area (Å²) in [6.07, 6.45) is -0.359. The molecule has 4 nitrogen and oxygen atoms in total. The van der Waals surface area contributed by atoms with Crippen LogP contribution in [0.25, 0.3) is 0 Å². The summed E-state index contributed by atoms with van der Waals surface area (Å²) >= 11 is 0. The first-order chi connectivity index (χ1) is 11.0. The van der Waals surface area contributed by atoms with Gasteiger partial charge in [-0.1, -0.05) is 13.0 Å². The van der Waals surface area contributed by atoms with Crippen molar-refractivity contribution in [2.75, 3.05) is 12.4 Å². The Balaban J connectivity index is 2.07. The molecule has 0 aliphatic carbocycles. The van der Waals surface area contributed by atoms with Crippen molar-refractivity contribution < 1.29 is 23.0 Å². The third-order valence-corrected chi connectivity index (χ3v) is 3.17. The standard InChI is InChI=1S/C17H17F2NO3/c1-3-16(23-13-6-4-5-12(10-13)22-2)17(21)20-11-7-8-14(18)15(19)9-11/h4-10,16H,3H2,1-2H3,(H,20,21). The minimum atomic E-state index is -1.02. The molecule has 2 aromatic carbocycles. The van der Waals surface area contributed by atoms with Crippen LogP contribution in [0.15, 0.2) is 42.5 Å². The summed E-state index contributed by atoms with van der Waals surface area (Å²) in [6.45, 7) is 1.79. The number of amides is 1. The van der Waals surface area contributed by atoms with E-state index in [9.17, 15) is 13.6 Å². The summed E-state index contributed by atoms with van der Waals surface area (Å²) in [7, 11) is 1.53. The molecule has 1 unspecified atom stereocenters. The van der Waals surface area contributed by atoms with E-state index in [0.717, 1.165) is 12.1 Å². The fourth-order valence-electron chi connectivity index (χ4n) is 1.96. The molecule has 122 valence electrons. The van der Waals surface area contributed by atoms with E-state index < -0.39 is 23.6 Å². The van der Waals surface area contributed by atoms with Crippen LogP contribution in [0, 0.1) is 11.6 Å². The van der Waals surface area contributed by atoms with E-state index >= 15 is 0 Å². The van der Waals surface area contributed by atoms with E-state index in [2.05, 4.69) is 5.32 Å². The maximum atomic E-state index is 13.2. The lowest BCUT2D eigenvalue weighted by atomic mass is 10.2. The molecule has 0 saturated carbocycles. The average molecular weight is 321 g/mol. The normalized spacial score (nSPS) is 11.7. The van der Waals surface area contributed by atoms with Crippen LogP contribution >= 0.6 is 0 Å². The van der Waals surface area contributed by atoms with E-state index in [1.165, 1.54) is 13.2 Å². The highest BCUT2D eigenvalue weighted by molar-refractivity contribution is 5.94. The van der Waals surface area contributed by atoms with Gasteiger partial charge in [0.05, 0.1) is 7.11 Å².